The van der Waals surface area contributed by atoms with Gasteiger partial charge in [-0.3, -0.25) is 19.0 Å². The quantitative estimate of drug-likeness (QED) is 0.115. The number of carboxylic acid groups (broad SMARTS) is 1. The Morgan fingerprint density at radius 3 is 2.81 bits per heavy atom. The fourth-order valence-electron chi connectivity index (χ4n) is 3.01. The standard InChI is InChI=1S/C21H23IN4O4S2/c1-12(2)21(22)11-32-17(25-21)5-3-13-7-8-26-16(9-13)24-19(31-10-15(23)27)14(20(26)30)4-6-18(28)29/h4,6-9,12H,3,5,10-11H2,1-2H3,(H2,23,27)(H,28,29). The first-order chi connectivity index (χ1) is 15.1. The van der Waals surface area contributed by atoms with E-state index in [1.54, 1.807) is 18.0 Å². The van der Waals surface area contributed by atoms with Crippen LogP contribution in [-0.4, -0.2) is 46.5 Å². The number of halogens is 1. The van der Waals surface area contributed by atoms with Gasteiger partial charge >= 0.3 is 5.97 Å². The monoisotopic (exact) mass is 586 g/mol. The summed E-state index contributed by atoms with van der Waals surface area (Å²) in [7, 11) is 0. The van der Waals surface area contributed by atoms with Crippen LogP contribution in [0.2, 0.25) is 0 Å². The van der Waals surface area contributed by atoms with Crippen molar-refractivity contribution in [3.8, 4) is 0 Å². The molecule has 0 bridgehead atoms. The first kappa shape index (κ1) is 24.8. The highest BCUT2D eigenvalue weighted by molar-refractivity contribution is 14.1. The second-order valence-corrected chi connectivity index (χ2v) is 11.5. The number of rotatable bonds is 9. The molecule has 3 rings (SSSR count). The van der Waals surface area contributed by atoms with E-state index < -0.39 is 17.4 Å². The third-order valence-corrected chi connectivity index (χ3v) is 9.51. The lowest BCUT2D eigenvalue weighted by molar-refractivity contribution is -0.131. The van der Waals surface area contributed by atoms with Crippen LogP contribution in [0.4, 0.5) is 0 Å². The summed E-state index contributed by atoms with van der Waals surface area (Å²) in [4.78, 5) is 44.5. The van der Waals surface area contributed by atoms with E-state index in [1.165, 1.54) is 10.5 Å². The molecule has 2 aromatic heterocycles. The molecular formula is C21H23IN4O4S2. The Kier molecular flexibility index (Phi) is 8.04. The van der Waals surface area contributed by atoms with Crippen LogP contribution in [0.3, 0.4) is 0 Å². The topological polar surface area (TPSA) is 127 Å². The van der Waals surface area contributed by atoms with E-state index in [0.29, 0.717) is 11.6 Å². The smallest absolute Gasteiger partial charge is 0.328 e. The number of fused-ring (bicyclic) bond motifs is 1. The van der Waals surface area contributed by atoms with Gasteiger partial charge in [0.1, 0.15) is 14.2 Å². The van der Waals surface area contributed by atoms with Crippen molar-refractivity contribution in [2.75, 3.05) is 11.5 Å². The lowest BCUT2D eigenvalue weighted by atomic mass is 10.1. The van der Waals surface area contributed by atoms with Gasteiger partial charge in [-0.1, -0.05) is 48.2 Å². The van der Waals surface area contributed by atoms with E-state index in [4.69, 9.17) is 15.8 Å². The van der Waals surface area contributed by atoms with Gasteiger partial charge in [-0.15, -0.1) is 11.8 Å². The molecule has 2 aromatic rings. The van der Waals surface area contributed by atoms with Gasteiger partial charge in [0.25, 0.3) is 5.56 Å². The largest absolute Gasteiger partial charge is 0.478 e. The number of nitrogens with two attached hydrogens (primary N) is 1. The Hall–Kier alpha value is -1.86. The molecule has 1 unspecified atom stereocenters. The number of carbonyl (C=O) groups is 2. The first-order valence-corrected chi connectivity index (χ1v) is 12.9. The molecule has 0 spiro atoms. The number of alkyl halides is 1. The molecule has 8 nitrogen and oxygen atoms in total. The molecule has 0 saturated heterocycles. The SMILES string of the molecule is CC(C)C1(I)CSC(CCc2ccn3c(=O)c(C=CC(=O)O)c(SCC(N)=O)nc3c2)=N1. The predicted octanol–water partition coefficient (Wildman–Crippen LogP) is 3.23. The second-order valence-electron chi connectivity index (χ2n) is 7.59. The molecule has 0 fully saturated rings. The molecule has 0 saturated carbocycles. The van der Waals surface area contributed by atoms with Crippen molar-refractivity contribution in [3.05, 3.63) is 45.9 Å². The van der Waals surface area contributed by atoms with Crippen LogP contribution in [-0.2, 0) is 16.0 Å². The van der Waals surface area contributed by atoms with Gasteiger partial charge in [0.15, 0.2) is 0 Å². The van der Waals surface area contributed by atoms with Crippen LogP contribution < -0.4 is 11.3 Å². The summed E-state index contributed by atoms with van der Waals surface area (Å²) in [6, 6.07) is 3.69. The summed E-state index contributed by atoms with van der Waals surface area (Å²) < 4.78 is 1.32. The van der Waals surface area contributed by atoms with Crippen molar-refractivity contribution in [2.45, 2.75) is 35.3 Å². The van der Waals surface area contributed by atoms with E-state index in [-0.39, 0.29) is 19.9 Å². The molecule has 170 valence electrons. The summed E-state index contributed by atoms with van der Waals surface area (Å²) in [5.41, 5.74) is 6.36. The molecule has 3 heterocycles. The van der Waals surface area contributed by atoms with Crippen molar-refractivity contribution in [2.24, 2.45) is 16.6 Å². The Morgan fingerprint density at radius 2 is 2.19 bits per heavy atom. The normalized spacial score (nSPS) is 18.6. The van der Waals surface area contributed by atoms with Gasteiger partial charge in [-0.25, -0.2) is 9.78 Å². The number of amides is 1. The molecule has 1 amide bonds. The van der Waals surface area contributed by atoms with Crippen molar-refractivity contribution in [3.63, 3.8) is 0 Å². The lowest BCUT2D eigenvalue weighted by Gasteiger charge is -2.21. The van der Waals surface area contributed by atoms with E-state index in [2.05, 4.69) is 41.4 Å². The number of aliphatic imine (C=N–C) groups is 1. The van der Waals surface area contributed by atoms with Crippen LogP contribution in [0.25, 0.3) is 11.7 Å². The summed E-state index contributed by atoms with van der Waals surface area (Å²) in [6.07, 6.45) is 5.28. The Balaban J connectivity index is 1.90. The number of carboxylic acids is 1. The van der Waals surface area contributed by atoms with Crippen LogP contribution in [0.15, 0.2) is 39.2 Å². The van der Waals surface area contributed by atoms with Crippen molar-refractivity contribution in [1.82, 2.24) is 9.38 Å². The highest BCUT2D eigenvalue weighted by Gasteiger charge is 2.35. The first-order valence-electron chi connectivity index (χ1n) is 9.87. The third-order valence-electron chi connectivity index (χ3n) is 4.90. The lowest BCUT2D eigenvalue weighted by Crippen LogP contribution is -2.24. The third kappa shape index (κ3) is 5.93. The summed E-state index contributed by atoms with van der Waals surface area (Å²) >= 11 is 5.24. The summed E-state index contributed by atoms with van der Waals surface area (Å²) in [5.74, 6) is -0.368. The molecule has 0 aliphatic carbocycles. The molecule has 1 aliphatic rings. The van der Waals surface area contributed by atoms with Crippen molar-refractivity contribution in [1.29, 1.82) is 0 Å². The highest BCUT2D eigenvalue weighted by Crippen LogP contribution is 2.40. The zero-order chi connectivity index (χ0) is 23.5. The number of pyridine rings is 1. The zero-order valence-corrected chi connectivity index (χ0v) is 21.4. The number of primary amides is 1. The highest BCUT2D eigenvalue weighted by atomic mass is 127. The molecule has 0 aromatic carbocycles. The number of nitrogens with zero attached hydrogens (tertiary/aromatic N) is 3. The molecule has 1 atom stereocenters. The van der Waals surface area contributed by atoms with E-state index in [1.807, 2.05) is 12.1 Å². The number of aromatic nitrogens is 2. The van der Waals surface area contributed by atoms with Crippen molar-refractivity contribution < 1.29 is 14.7 Å². The zero-order valence-electron chi connectivity index (χ0n) is 17.6. The van der Waals surface area contributed by atoms with Gasteiger partial charge < -0.3 is 10.8 Å². The van der Waals surface area contributed by atoms with Crippen LogP contribution >= 0.6 is 46.1 Å². The van der Waals surface area contributed by atoms with Gasteiger partial charge in [0, 0.05) is 18.0 Å². The van der Waals surface area contributed by atoms with Crippen molar-refractivity contribution >= 4 is 74.8 Å². The fourth-order valence-corrected chi connectivity index (χ4v) is 5.92. The second kappa shape index (κ2) is 10.4. The number of carbonyl (C=O) groups excluding carboxylic acids is 1. The average molecular weight is 586 g/mol. The van der Waals surface area contributed by atoms with Gasteiger partial charge in [0.05, 0.1) is 16.4 Å². The molecule has 11 heteroatoms. The minimum atomic E-state index is -1.18. The minimum Gasteiger partial charge on any atom is -0.478 e. The number of thioether (sulfide) groups is 2. The van der Waals surface area contributed by atoms with Crippen LogP contribution in [0.5, 0.6) is 0 Å². The fraction of sp³-hybridized carbons (Fsp3) is 0.381. The molecule has 0 radical (unpaired) electrons. The number of hydrogen-bond acceptors (Lipinski definition) is 7. The van der Waals surface area contributed by atoms with Gasteiger partial charge in [-0.2, -0.15) is 0 Å². The molecule has 3 N–H and O–H groups in total. The number of aryl methyl sites for hydroxylation is 1. The summed E-state index contributed by atoms with van der Waals surface area (Å²) in [6.45, 7) is 4.36. The van der Waals surface area contributed by atoms with Gasteiger partial charge in [-0.05, 0) is 42.5 Å². The van der Waals surface area contributed by atoms with E-state index in [9.17, 15) is 14.4 Å². The molecule has 32 heavy (non-hydrogen) atoms. The maximum atomic E-state index is 12.9. The Morgan fingerprint density at radius 1 is 1.44 bits per heavy atom. The van der Waals surface area contributed by atoms with Gasteiger partial charge in [0.2, 0.25) is 5.91 Å². The maximum absolute atomic E-state index is 12.9. The van der Waals surface area contributed by atoms with E-state index >= 15 is 0 Å². The Bertz CT molecular complexity index is 1180. The maximum Gasteiger partial charge on any atom is 0.328 e. The molecule has 1 aliphatic heterocycles. The number of hydrogen-bond donors (Lipinski definition) is 2. The minimum absolute atomic E-state index is 0.0531. The van der Waals surface area contributed by atoms with E-state index in [0.717, 1.165) is 47.0 Å². The molecular weight excluding hydrogens is 563 g/mol. The predicted molar refractivity (Wildman–Crippen MR) is 138 cm³/mol. The van der Waals surface area contributed by atoms with Crippen LogP contribution in [0, 0.1) is 5.92 Å². The Labute approximate surface area is 207 Å². The average Bonchev–Trinajstić information content (AvgIpc) is 3.12. The summed E-state index contributed by atoms with van der Waals surface area (Å²) in [5, 5.41) is 10.3. The van der Waals surface area contributed by atoms with Crippen LogP contribution in [0.1, 0.15) is 31.4 Å². The number of aliphatic carboxylic acids is 1.